The van der Waals surface area contributed by atoms with E-state index in [1.165, 1.54) is 19.3 Å². The molecule has 0 bridgehead atoms. The molecule has 1 heterocycles. The van der Waals surface area contributed by atoms with Crippen molar-refractivity contribution in [3.63, 3.8) is 0 Å². The van der Waals surface area contributed by atoms with Crippen LogP contribution in [-0.2, 0) is 0 Å². The van der Waals surface area contributed by atoms with Crippen molar-refractivity contribution in [2.45, 2.75) is 24.6 Å². The third kappa shape index (κ3) is 1.70. The van der Waals surface area contributed by atoms with Crippen LogP contribution in [0, 0.1) is 0 Å². The Hall–Kier alpha value is 0.310. The molecule has 1 N–H and O–H groups in total. The van der Waals surface area contributed by atoms with Crippen LogP contribution in [0.4, 0.5) is 0 Å². The third-order valence-electron chi connectivity index (χ3n) is 1.28. The molecule has 7 heavy (non-hydrogen) atoms. The van der Waals surface area contributed by atoms with Gasteiger partial charge in [-0.15, -0.1) is 0 Å². The second kappa shape index (κ2) is 2.58. The number of rotatable bonds is 0. The average Bonchev–Trinajstić information content (AvgIpc) is 1.69. The molecule has 0 aliphatic carbocycles. The summed E-state index contributed by atoms with van der Waals surface area (Å²) in [6.45, 7) is 1.16. The minimum Gasteiger partial charge on any atom is -0.306 e. The van der Waals surface area contributed by atoms with Gasteiger partial charge in [0.05, 0.1) is 5.37 Å². The van der Waals surface area contributed by atoms with Gasteiger partial charge in [0.25, 0.3) is 0 Å². The van der Waals surface area contributed by atoms with Crippen LogP contribution in [0.3, 0.4) is 0 Å². The molecule has 2 heteroatoms. The highest BCUT2D eigenvalue weighted by Gasteiger charge is 2.05. The second-order valence-electron chi connectivity index (χ2n) is 1.97. The monoisotopic (exact) mass is 117 g/mol. The number of hydrogen-bond donors (Lipinski definition) is 2. The van der Waals surface area contributed by atoms with Crippen molar-refractivity contribution >= 4 is 12.6 Å². The highest BCUT2D eigenvalue weighted by atomic mass is 32.1. The van der Waals surface area contributed by atoms with Crippen LogP contribution >= 0.6 is 12.6 Å². The summed E-state index contributed by atoms with van der Waals surface area (Å²) < 4.78 is 0. The Morgan fingerprint density at radius 3 is 2.57 bits per heavy atom. The molecule has 0 radical (unpaired) electrons. The summed E-state index contributed by atoms with van der Waals surface area (Å²) in [6.07, 6.45) is 3.92. The molecule has 0 aromatic rings. The lowest BCUT2D eigenvalue weighted by atomic mass is 10.2. The molecule has 0 spiro atoms. The molecule has 0 aromatic carbocycles. The van der Waals surface area contributed by atoms with Crippen molar-refractivity contribution in [3.8, 4) is 0 Å². The number of hydrogen-bond acceptors (Lipinski definition) is 2. The fraction of sp³-hybridized carbons (Fsp3) is 1.00. The van der Waals surface area contributed by atoms with E-state index < -0.39 is 0 Å². The standard InChI is InChI=1S/C5H11NS/c7-5-3-1-2-4-6-5/h5-7H,1-4H2/t5-/m0/s1. The Morgan fingerprint density at radius 1 is 1.43 bits per heavy atom. The smallest absolute Gasteiger partial charge is 0.0502 e. The first-order valence-electron chi connectivity index (χ1n) is 2.81. The van der Waals surface area contributed by atoms with E-state index in [4.69, 9.17) is 0 Å². The average molecular weight is 117 g/mol. The molecule has 1 saturated heterocycles. The first-order valence-corrected chi connectivity index (χ1v) is 3.33. The summed E-state index contributed by atoms with van der Waals surface area (Å²) in [6, 6.07) is 0. The third-order valence-corrected chi connectivity index (χ3v) is 1.73. The zero-order valence-corrected chi connectivity index (χ0v) is 5.25. The van der Waals surface area contributed by atoms with Gasteiger partial charge in [-0.3, -0.25) is 0 Å². The van der Waals surface area contributed by atoms with Gasteiger partial charge in [-0.25, -0.2) is 0 Å². The lowest BCUT2D eigenvalue weighted by Gasteiger charge is -2.17. The van der Waals surface area contributed by atoms with E-state index in [2.05, 4.69) is 17.9 Å². The Bertz CT molecular complexity index is 50.0. The molecule has 0 amide bonds. The van der Waals surface area contributed by atoms with Crippen molar-refractivity contribution in [2.75, 3.05) is 6.54 Å². The summed E-state index contributed by atoms with van der Waals surface area (Å²) >= 11 is 4.25. The predicted molar refractivity (Wildman–Crippen MR) is 34.6 cm³/mol. The minimum absolute atomic E-state index is 0.480. The van der Waals surface area contributed by atoms with Crippen molar-refractivity contribution in [2.24, 2.45) is 0 Å². The Morgan fingerprint density at radius 2 is 2.29 bits per heavy atom. The van der Waals surface area contributed by atoms with Crippen LogP contribution in [0.2, 0.25) is 0 Å². The summed E-state index contributed by atoms with van der Waals surface area (Å²) in [5, 5.41) is 3.73. The van der Waals surface area contributed by atoms with Gasteiger partial charge in [-0.1, -0.05) is 0 Å². The SMILES string of the molecule is S[C@H]1CCCCN1. The van der Waals surface area contributed by atoms with Gasteiger partial charge in [0.2, 0.25) is 0 Å². The minimum atomic E-state index is 0.480. The second-order valence-corrected chi connectivity index (χ2v) is 2.59. The maximum atomic E-state index is 4.25. The van der Waals surface area contributed by atoms with Crippen molar-refractivity contribution < 1.29 is 0 Å². The van der Waals surface area contributed by atoms with Crippen LogP contribution in [0.5, 0.6) is 0 Å². The van der Waals surface area contributed by atoms with Gasteiger partial charge in [-0.05, 0) is 25.8 Å². The fourth-order valence-electron chi connectivity index (χ4n) is 0.833. The molecular weight excluding hydrogens is 106 g/mol. The molecule has 1 aliphatic rings. The van der Waals surface area contributed by atoms with Gasteiger partial charge in [0.1, 0.15) is 0 Å². The van der Waals surface area contributed by atoms with Crippen LogP contribution in [0.15, 0.2) is 0 Å². The normalized spacial score (nSPS) is 33.0. The zero-order valence-electron chi connectivity index (χ0n) is 4.35. The maximum Gasteiger partial charge on any atom is 0.0502 e. The van der Waals surface area contributed by atoms with E-state index in [1.54, 1.807) is 0 Å². The van der Waals surface area contributed by atoms with E-state index in [0.717, 1.165) is 6.54 Å². The Labute approximate surface area is 49.9 Å². The topological polar surface area (TPSA) is 12.0 Å². The van der Waals surface area contributed by atoms with Gasteiger partial charge < -0.3 is 5.32 Å². The highest BCUT2D eigenvalue weighted by molar-refractivity contribution is 7.80. The quantitative estimate of drug-likeness (QED) is 0.451. The van der Waals surface area contributed by atoms with Crippen LogP contribution in [0.25, 0.3) is 0 Å². The number of nitrogens with one attached hydrogen (secondary N) is 1. The summed E-state index contributed by atoms with van der Waals surface area (Å²) in [5.41, 5.74) is 0. The molecular formula is C5H11NS. The van der Waals surface area contributed by atoms with E-state index in [-0.39, 0.29) is 0 Å². The largest absolute Gasteiger partial charge is 0.306 e. The first-order chi connectivity index (χ1) is 3.39. The highest BCUT2D eigenvalue weighted by Crippen LogP contribution is 2.08. The Balaban J connectivity index is 2.12. The molecule has 1 aliphatic heterocycles. The molecule has 42 valence electrons. The Kier molecular flexibility index (Phi) is 2.00. The predicted octanol–water partition coefficient (Wildman–Crippen LogP) is 1.02. The molecule has 0 aromatic heterocycles. The zero-order chi connectivity index (χ0) is 5.11. The number of thiol groups is 1. The molecule has 1 nitrogen and oxygen atoms in total. The van der Waals surface area contributed by atoms with E-state index in [1.807, 2.05) is 0 Å². The van der Waals surface area contributed by atoms with Crippen molar-refractivity contribution in [1.29, 1.82) is 0 Å². The summed E-state index contributed by atoms with van der Waals surface area (Å²) in [5.74, 6) is 0. The van der Waals surface area contributed by atoms with Crippen LogP contribution < -0.4 is 5.32 Å². The molecule has 0 saturated carbocycles. The summed E-state index contributed by atoms with van der Waals surface area (Å²) in [4.78, 5) is 0. The van der Waals surface area contributed by atoms with E-state index in [9.17, 15) is 0 Å². The van der Waals surface area contributed by atoms with E-state index >= 15 is 0 Å². The molecule has 1 rings (SSSR count). The lowest BCUT2D eigenvalue weighted by molar-refractivity contribution is 0.494. The maximum absolute atomic E-state index is 4.25. The van der Waals surface area contributed by atoms with Gasteiger partial charge >= 0.3 is 0 Å². The number of piperidine rings is 1. The van der Waals surface area contributed by atoms with Gasteiger partial charge in [0, 0.05) is 0 Å². The van der Waals surface area contributed by atoms with Crippen LogP contribution in [0.1, 0.15) is 19.3 Å². The first kappa shape index (κ1) is 5.45. The van der Waals surface area contributed by atoms with Gasteiger partial charge in [-0.2, -0.15) is 12.6 Å². The molecule has 0 unspecified atom stereocenters. The van der Waals surface area contributed by atoms with E-state index in [0.29, 0.717) is 5.37 Å². The lowest BCUT2D eigenvalue weighted by Crippen LogP contribution is -2.28. The molecule has 1 fully saturated rings. The van der Waals surface area contributed by atoms with Gasteiger partial charge in [0.15, 0.2) is 0 Å². The van der Waals surface area contributed by atoms with Crippen molar-refractivity contribution in [1.82, 2.24) is 5.32 Å². The fourth-order valence-corrected chi connectivity index (χ4v) is 1.15. The van der Waals surface area contributed by atoms with Crippen LogP contribution in [-0.4, -0.2) is 11.9 Å². The molecule has 1 atom stereocenters. The summed E-state index contributed by atoms with van der Waals surface area (Å²) in [7, 11) is 0. The van der Waals surface area contributed by atoms with Crippen molar-refractivity contribution in [3.05, 3.63) is 0 Å².